The van der Waals surface area contributed by atoms with E-state index < -0.39 is 6.04 Å². The van der Waals surface area contributed by atoms with Gasteiger partial charge in [-0.3, -0.25) is 4.79 Å². The summed E-state index contributed by atoms with van der Waals surface area (Å²) in [6.45, 7) is 2.42. The largest absolute Gasteiger partial charge is 0.394 e. The number of hydrogen-bond donors (Lipinski definition) is 2. The molecule has 17 heavy (non-hydrogen) atoms. The molecule has 1 aromatic rings. The van der Waals surface area contributed by atoms with E-state index in [2.05, 4.69) is 5.32 Å². The molecule has 1 aromatic carbocycles. The lowest BCUT2D eigenvalue weighted by atomic mass is 10.1. The molecule has 1 heterocycles. The molecule has 1 saturated heterocycles. The van der Waals surface area contributed by atoms with E-state index in [1.54, 1.807) is 17.0 Å². The van der Waals surface area contributed by atoms with E-state index in [1.165, 1.54) is 0 Å². The Hall–Kier alpha value is -1.10. The molecule has 1 fully saturated rings. The number of anilines is 1. The second-order valence-electron chi connectivity index (χ2n) is 4.18. The highest BCUT2D eigenvalue weighted by Gasteiger charge is 2.33. The SMILES string of the molecule is CC1CNC(CO)C(=O)N1c1cccc(Cl)c1. The van der Waals surface area contributed by atoms with Crippen LogP contribution in [-0.2, 0) is 4.79 Å². The number of halogens is 1. The summed E-state index contributed by atoms with van der Waals surface area (Å²) >= 11 is 5.93. The summed E-state index contributed by atoms with van der Waals surface area (Å²) in [5.41, 5.74) is 0.773. The Bertz CT molecular complexity index is 425. The molecule has 0 aromatic heterocycles. The Labute approximate surface area is 105 Å². The smallest absolute Gasteiger partial charge is 0.246 e. The second kappa shape index (κ2) is 5.04. The fraction of sp³-hybridized carbons (Fsp3) is 0.417. The number of nitrogens with one attached hydrogen (secondary N) is 1. The minimum atomic E-state index is -0.523. The van der Waals surface area contributed by atoms with Crippen molar-refractivity contribution in [1.29, 1.82) is 0 Å². The summed E-state index contributed by atoms with van der Waals surface area (Å²) in [4.78, 5) is 13.8. The van der Waals surface area contributed by atoms with Crippen molar-refractivity contribution in [3.8, 4) is 0 Å². The van der Waals surface area contributed by atoms with Crippen molar-refractivity contribution in [2.24, 2.45) is 0 Å². The summed E-state index contributed by atoms with van der Waals surface area (Å²) in [6.07, 6.45) is 0. The summed E-state index contributed by atoms with van der Waals surface area (Å²) in [5, 5.41) is 12.7. The van der Waals surface area contributed by atoms with Gasteiger partial charge in [-0.25, -0.2) is 0 Å². The number of nitrogens with zero attached hydrogens (tertiary/aromatic N) is 1. The van der Waals surface area contributed by atoms with Gasteiger partial charge in [0.15, 0.2) is 0 Å². The topological polar surface area (TPSA) is 52.6 Å². The fourth-order valence-electron chi connectivity index (χ4n) is 2.03. The molecule has 0 aliphatic carbocycles. The van der Waals surface area contributed by atoms with Crippen LogP contribution in [0, 0.1) is 0 Å². The van der Waals surface area contributed by atoms with Crippen LogP contribution in [0.2, 0.25) is 5.02 Å². The van der Waals surface area contributed by atoms with E-state index in [0.29, 0.717) is 11.6 Å². The molecule has 2 unspecified atom stereocenters. The van der Waals surface area contributed by atoms with Crippen molar-refractivity contribution in [2.75, 3.05) is 18.1 Å². The van der Waals surface area contributed by atoms with Gasteiger partial charge in [-0.05, 0) is 25.1 Å². The van der Waals surface area contributed by atoms with Crippen LogP contribution in [0.25, 0.3) is 0 Å². The van der Waals surface area contributed by atoms with Crippen molar-refractivity contribution in [3.05, 3.63) is 29.3 Å². The molecular formula is C12H15ClN2O2. The van der Waals surface area contributed by atoms with E-state index in [-0.39, 0.29) is 18.6 Å². The zero-order valence-corrected chi connectivity index (χ0v) is 10.3. The number of carbonyl (C=O) groups is 1. The Morgan fingerprint density at radius 3 is 3.00 bits per heavy atom. The highest BCUT2D eigenvalue weighted by atomic mass is 35.5. The molecule has 5 heteroatoms. The van der Waals surface area contributed by atoms with Gasteiger partial charge in [0.2, 0.25) is 5.91 Å². The number of benzene rings is 1. The second-order valence-corrected chi connectivity index (χ2v) is 4.62. The van der Waals surface area contributed by atoms with Crippen molar-refractivity contribution < 1.29 is 9.90 Å². The van der Waals surface area contributed by atoms with Gasteiger partial charge >= 0.3 is 0 Å². The molecule has 0 spiro atoms. The summed E-state index contributed by atoms with van der Waals surface area (Å²) in [6, 6.07) is 6.71. The standard InChI is InChI=1S/C12H15ClN2O2/c1-8-6-14-11(7-16)12(17)15(8)10-4-2-3-9(13)5-10/h2-5,8,11,14,16H,6-7H2,1H3. The number of amides is 1. The quantitative estimate of drug-likeness (QED) is 0.829. The lowest BCUT2D eigenvalue weighted by molar-refractivity contribution is -0.123. The predicted octanol–water partition coefficient (Wildman–Crippen LogP) is 1.03. The number of aliphatic hydroxyl groups is 1. The number of hydrogen-bond acceptors (Lipinski definition) is 3. The molecule has 1 amide bonds. The maximum absolute atomic E-state index is 12.1. The van der Waals surface area contributed by atoms with Gasteiger partial charge in [0.05, 0.1) is 6.61 Å². The molecule has 2 N–H and O–H groups in total. The van der Waals surface area contributed by atoms with Crippen molar-refractivity contribution in [1.82, 2.24) is 5.32 Å². The van der Waals surface area contributed by atoms with Gasteiger partial charge in [-0.1, -0.05) is 17.7 Å². The molecule has 1 aliphatic rings. The molecule has 0 saturated carbocycles. The maximum Gasteiger partial charge on any atom is 0.246 e. The first kappa shape index (κ1) is 12.4. The average molecular weight is 255 g/mol. The van der Waals surface area contributed by atoms with E-state index in [0.717, 1.165) is 5.69 Å². The first-order chi connectivity index (χ1) is 8.13. The fourth-order valence-corrected chi connectivity index (χ4v) is 2.21. The molecule has 0 bridgehead atoms. The van der Waals surface area contributed by atoms with Gasteiger partial charge in [-0.15, -0.1) is 0 Å². The van der Waals surface area contributed by atoms with Crippen molar-refractivity contribution >= 4 is 23.2 Å². The van der Waals surface area contributed by atoms with Gasteiger partial charge in [-0.2, -0.15) is 0 Å². The summed E-state index contributed by atoms with van der Waals surface area (Å²) < 4.78 is 0. The minimum Gasteiger partial charge on any atom is -0.394 e. The van der Waals surface area contributed by atoms with E-state index >= 15 is 0 Å². The van der Waals surface area contributed by atoms with Crippen LogP contribution in [0.4, 0.5) is 5.69 Å². The molecule has 92 valence electrons. The van der Waals surface area contributed by atoms with E-state index in [9.17, 15) is 4.79 Å². The van der Waals surface area contributed by atoms with Crippen molar-refractivity contribution in [3.63, 3.8) is 0 Å². The van der Waals surface area contributed by atoms with Gasteiger partial charge < -0.3 is 15.3 Å². The number of carbonyl (C=O) groups excluding carboxylic acids is 1. The maximum atomic E-state index is 12.1. The highest BCUT2D eigenvalue weighted by molar-refractivity contribution is 6.30. The Kier molecular flexibility index (Phi) is 3.66. The van der Waals surface area contributed by atoms with Crippen molar-refractivity contribution in [2.45, 2.75) is 19.0 Å². The van der Waals surface area contributed by atoms with Crippen LogP contribution in [-0.4, -0.2) is 36.2 Å². The van der Waals surface area contributed by atoms with Crippen LogP contribution >= 0.6 is 11.6 Å². The summed E-state index contributed by atoms with van der Waals surface area (Å²) in [5.74, 6) is -0.117. The van der Waals surface area contributed by atoms with Crippen LogP contribution < -0.4 is 10.2 Å². The third kappa shape index (κ3) is 2.44. The molecule has 2 rings (SSSR count). The van der Waals surface area contributed by atoms with E-state index in [1.807, 2.05) is 19.1 Å². The molecule has 2 atom stereocenters. The molecule has 0 radical (unpaired) electrons. The van der Waals surface area contributed by atoms with Crippen LogP contribution in [0.5, 0.6) is 0 Å². The third-order valence-corrected chi connectivity index (χ3v) is 3.14. The first-order valence-corrected chi connectivity index (χ1v) is 5.94. The zero-order valence-electron chi connectivity index (χ0n) is 9.56. The summed E-state index contributed by atoms with van der Waals surface area (Å²) in [7, 11) is 0. The van der Waals surface area contributed by atoms with Crippen LogP contribution in [0.3, 0.4) is 0 Å². The average Bonchev–Trinajstić information content (AvgIpc) is 2.29. The van der Waals surface area contributed by atoms with Gasteiger partial charge in [0.1, 0.15) is 6.04 Å². The third-order valence-electron chi connectivity index (χ3n) is 2.90. The number of aliphatic hydroxyl groups excluding tert-OH is 1. The monoisotopic (exact) mass is 254 g/mol. The Morgan fingerprint density at radius 1 is 1.59 bits per heavy atom. The molecule has 4 nitrogen and oxygen atoms in total. The first-order valence-electron chi connectivity index (χ1n) is 5.56. The molecule has 1 aliphatic heterocycles. The lowest BCUT2D eigenvalue weighted by Gasteiger charge is -2.37. The van der Waals surface area contributed by atoms with Gasteiger partial charge in [0, 0.05) is 23.3 Å². The zero-order chi connectivity index (χ0) is 12.4. The number of rotatable bonds is 2. The Balaban J connectivity index is 2.31. The van der Waals surface area contributed by atoms with E-state index in [4.69, 9.17) is 16.7 Å². The Morgan fingerprint density at radius 2 is 2.35 bits per heavy atom. The highest BCUT2D eigenvalue weighted by Crippen LogP contribution is 2.23. The van der Waals surface area contributed by atoms with Crippen LogP contribution in [0.15, 0.2) is 24.3 Å². The minimum absolute atomic E-state index is 0.0452. The number of piperazine rings is 1. The lowest BCUT2D eigenvalue weighted by Crippen LogP contribution is -2.60. The predicted molar refractivity (Wildman–Crippen MR) is 67.3 cm³/mol. The van der Waals surface area contributed by atoms with Gasteiger partial charge in [0.25, 0.3) is 0 Å². The van der Waals surface area contributed by atoms with Crippen LogP contribution in [0.1, 0.15) is 6.92 Å². The molecular weight excluding hydrogens is 240 g/mol. The normalized spacial score (nSPS) is 25.1.